The molecule has 1 N–H and O–H groups in total. The lowest BCUT2D eigenvalue weighted by Crippen LogP contribution is -2.50. The van der Waals surface area contributed by atoms with Crippen LogP contribution in [0.1, 0.15) is 21.9 Å². The molecule has 2 amide bonds. The fourth-order valence-corrected chi connectivity index (χ4v) is 4.51. The van der Waals surface area contributed by atoms with Gasteiger partial charge in [0.15, 0.2) is 5.76 Å². The molecule has 1 aliphatic rings. The highest BCUT2D eigenvalue weighted by Crippen LogP contribution is 2.22. The molecule has 1 fully saturated rings. The van der Waals surface area contributed by atoms with Gasteiger partial charge in [0.05, 0.1) is 11.4 Å². The number of nitrogens with zero attached hydrogens (tertiary/aromatic N) is 3. The largest absolute Gasteiger partial charge is 0.456 e. The minimum absolute atomic E-state index is 0.147. The van der Waals surface area contributed by atoms with E-state index in [0.717, 1.165) is 4.31 Å². The third-order valence-electron chi connectivity index (χ3n) is 5.21. The Labute approximate surface area is 182 Å². The normalized spacial score (nSPS) is 15.3. The van der Waals surface area contributed by atoms with Gasteiger partial charge >= 0.3 is 0 Å². The molecule has 0 aliphatic carbocycles. The lowest BCUT2D eigenvalue weighted by Gasteiger charge is -2.33. The third kappa shape index (κ3) is 5.33. The zero-order chi connectivity index (χ0) is 22.8. The number of furan rings is 1. The average Bonchev–Trinajstić information content (AvgIpc) is 3.15. The number of piperazine rings is 1. The monoisotopic (exact) mass is 448 g/mol. The van der Waals surface area contributed by atoms with Crippen LogP contribution < -0.4 is 5.32 Å². The van der Waals surface area contributed by atoms with Gasteiger partial charge in [0.25, 0.3) is 5.91 Å². The Bertz CT molecular complexity index is 1070. The first-order chi connectivity index (χ1) is 14.6. The lowest BCUT2D eigenvalue weighted by molar-refractivity contribution is -0.117. The number of rotatable bonds is 6. The molecule has 1 aliphatic heterocycles. The Morgan fingerprint density at radius 2 is 1.74 bits per heavy atom. The van der Waals surface area contributed by atoms with E-state index in [1.165, 1.54) is 20.2 Å². The van der Waals surface area contributed by atoms with Crippen molar-refractivity contribution in [2.75, 3.05) is 52.1 Å². The fraction of sp³-hybridized carbons (Fsp3) is 0.429. The van der Waals surface area contributed by atoms with Crippen LogP contribution in [0.4, 0.5) is 5.69 Å². The van der Waals surface area contributed by atoms with E-state index in [-0.39, 0.29) is 23.3 Å². The highest BCUT2D eigenvalue weighted by molar-refractivity contribution is 7.89. The topological polar surface area (TPSA) is 103 Å². The number of amides is 2. The van der Waals surface area contributed by atoms with Crippen molar-refractivity contribution in [3.8, 4) is 0 Å². The highest BCUT2D eigenvalue weighted by Gasteiger charge is 2.25. The van der Waals surface area contributed by atoms with Crippen LogP contribution in [-0.2, 0) is 14.8 Å². The Morgan fingerprint density at radius 1 is 1.06 bits per heavy atom. The van der Waals surface area contributed by atoms with Gasteiger partial charge in [-0.15, -0.1) is 0 Å². The summed E-state index contributed by atoms with van der Waals surface area (Å²) < 4.78 is 31.5. The summed E-state index contributed by atoms with van der Waals surface area (Å²) in [6.07, 6.45) is 0. The Kier molecular flexibility index (Phi) is 6.83. The standard InChI is InChI=1S/C21H28N4O5S/c1-15-5-7-17(13-19(15)31(28,29)23(3)4)22-20(26)14-24-9-11-25(12-10-24)21(27)18-8-6-16(2)30-18/h5-8,13H,9-12,14H2,1-4H3,(H,22,26). The van der Waals surface area contributed by atoms with Gasteiger partial charge in [0.2, 0.25) is 15.9 Å². The van der Waals surface area contributed by atoms with Gasteiger partial charge in [-0.05, 0) is 43.7 Å². The van der Waals surface area contributed by atoms with E-state index in [0.29, 0.717) is 49.0 Å². The molecular formula is C21H28N4O5S. The summed E-state index contributed by atoms with van der Waals surface area (Å²) in [5, 5.41) is 2.77. The van der Waals surface area contributed by atoms with Gasteiger partial charge in [-0.3, -0.25) is 14.5 Å². The molecule has 3 rings (SSSR count). The molecule has 168 valence electrons. The van der Waals surface area contributed by atoms with E-state index in [1.807, 2.05) is 4.90 Å². The van der Waals surface area contributed by atoms with Crippen molar-refractivity contribution < 1.29 is 22.4 Å². The lowest BCUT2D eigenvalue weighted by atomic mass is 10.2. The van der Waals surface area contributed by atoms with Crippen molar-refractivity contribution in [2.24, 2.45) is 0 Å². The quantitative estimate of drug-likeness (QED) is 0.719. The van der Waals surface area contributed by atoms with Gasteiger partial charge in [0.1, 0.15) is 5.76 Å². The van der Waals surface area contributed by atoms with Gasteiger partial charge < -0.3 is 14.6 Å². The van der Waals surface area contributed by atoms with Gasteiger partial charge in [-0.1, -0.05) is 6.07 Å². The zero-order valence-electron chi connectivity index (χ0n) is 18.2. The van der Waals surface area contributed by atoms with Crippen LogP contribution in [0.2, 0.25) is 0 Å². The number of nitrogens with one attached hydrogen (secondary N) is 1. The summed E-state index contributed by atoms with van der Waals surface area (Å²) in [5.74, 6) is 0.632. The summed E-state index contributed by atoms with van der Waals surface area (Å²) in [4.78, 5) is 28.8. The Hall–Kier alpha value is -2.69. The molecule has 0 radical (unpaired) electrons. The first kappa shape index (κ1) is 23.0. The number of hydrogen-bond donors (Lipinski definition) is 1. The maximum absolute atomic E-state index is 12.5. The minimum atomic E-state index is -3.60. The number of aryl methyl sites for hydroxylation is 2. The summed E-state index contributed by atoms with van der Waals surface area (Å²) in [7, 11) is -0.663. The number of anilines is 1. The van der Waals surface area contributed by atoms with Crippen molar-refractivity contribution in [3.05, 3.63) is 47.4 Å². The number of hydrogen-bond acceptors (Lipinski definition) is 6. The van der Waals surface area contributed by atoms with Crippen molar-refractivity contribution >= 4 is 27.5 Å². The number of carbonyl (C=O) groups is 2. The van der Waals surface area contributed by atoms with Crippen LogP contribution >= 0.6 is 0 Å². The Morgan fingerprint density at radius 3 is 2.32 bits per heavy atom. The molecule has 2 heterocycles. The van der Waals surface area contributed by atoms with E-state index in [2.05, 4.69) is 5.32 Å². The predicted octanol–water partition coefficient (Wildman–Crippen LogP) is 1.54. The number of sulfonamides is 1. The second-order valence-corrected chi connectivity index (χ2v) is 9.91. The molecular weight excluding hydrogens is 420 g/mol. The zero-order valence-corrected chi connectivity index (χ0v) is 19.0. The van der Waals surface area contributed by atoms with Gasteiger partial charge in [-0.25, -0.2) is 12.7 Å². The molecule has 0 saturated carbocycles. The van der Waals surface area contributed by atoms with Crippen LogP contribution in [-0.4, -0.2) is 81.2 Å². The average molecular weight is 449 g/mol. The van der Waals surface area contributed by atoms with Crippen molar-refractivity contribution in [2.45, 2.75) is 18.7 Å². The maximum Gasteiger partial charge on any atom is 0.289 e. The highest BCUT2D eigenvalue weighted by atomic mass is 32.2. The van der Waals surface area contributed by atoms with E-state index in [1.54, 1.807) is 43.0 Å². The smallest absolute Gasteiger partial charge is 0.289 e. The van der Waals surface area contributed by atoms with Crippen LogP contribution in [0.15, 0.2) is 39.6 Å². The van der Waals surface area contributed by atoms with Crippen molar-refractivity contribution in [3.63, 3.8) is 0 Å². The molecule has 0 atom stereocenters. The molecule has 1 saturated heterocycles. The second kappa shape index (κ2) is 9.21. The summed E-state index contributed by atoms with van der Waals surface area (Å²) in [5.41, 5.74) is 1.04. The SMILES string of the molecule is Cc1ccc(C(=O)N2CCN(CC(=O)Nc3ccc(C)c(S(=O)(=O)N(C)C)c3)CC2)o1. The van der Waals surface area contributed by atoms with E-state index in [4.69, 9.17) is 4.42 Å². The summed E-state index contributed by atoms with van der Waals surface area (Å²) in [6, 6.07) is 8.26. The van der Waals surface area contributed by atoms with Gasteiger partial charge in [-0.2, -0.15) is 0 Å². The predicted molar refractivity (Wildman–Crippen MR) is 116 cm³/mol. The van der Waals surface area contributed by atoms with Crippen molar-refractivity contribution in [1.29, 1.82) is 0 Å². The van der Waals surface area contributed by atoms with E-state index in [9.17, 15) is 18.0 Å². The molecule has 0 unspecified atom stereocenters. The van der Waals surface area contributed by atoms with Crippen LogP contribution in [0.3, 0.4) is 0 Å². The first-order valence-electron chi connectivity index (χ1n) is 9.99. The Balaban J connectivity index is 1.56. The van der Waals surface area contributed by atoms with Crippen molar-refractivity contribution in [1.82, 2.24) is 14.1 Å². The summed E-state index contributed by atoms with van der Waals surface area (Å²) >= 11 is 0. The molecule has 2 aromatic rings. The fourth-order valence-electron chi connectivity index (χ4n) is 3.37. The molecule has 31 heavy (non-hydrogen) atoms. The third-order valence-corrected chi connectivity index (χ3v) is 7.17. The number of benzene rings is 1. The molecule has 10 heteroatoms. The number of carbonyl (C=O) groups excluding carboxylic acids is 2. The van der Waals surface area contributed by atoms with Gasteiger partial charge in [0, 0.05) is 46.0 Å². The molecule has 0 spiro atoms. The molecule has 1 aromatic carbocycles. The second-order valence-electron chi connectivity index (χ2n) is 7.79. The first-order valence-corrected chi connectivity index (χ1v) is 11.4. The molecule has 0 bridgehead atoms. The maximum atomic E-state index is 12.5. The van der Waals surface area contributed by atoms with Crippen LogP contribution in [0.25, 0.3) is 0 Å². The summed E-state index contributed by atoms with van der Waals surface area (Å²) in [6.45, 7) is 5.79. The van der Waals surface area contributed by atoms with Crippen LogP contribution in [0, 0.1) is 13.8 Å². The van der Waals surface area contributed by atoms with E-state index >= 15 is 0 Å². The van der Waals surface area contributed by atoms with Crippen LogP contribution in [0.5, 0.6) is 0 Å². The van der Waals surface area contributed by atoms with E-state index < -0.39 is 10.0 Å². The molecule has 1 aromatic heterocycles. The molecule has 9 nitrogen and oxygen atoms in total. The minimum Gasteiger partial charge on any atom is -0.456 e.